The van der Waals surface area contributed by atoms with E-state index in [4.69, 9.17) is 5.73 Å². The van der Waals surface area contributed by atoms with Gasteiger partial charge in [-0.15, -0.1) is 0 Å². The van der Waals surface area contributed by atoms with Gasteiger partial charge in [0.2, 0.25) is 11.8 Å². The molecule has 0 bridgehead atoms. The molecular formula is C15H19FN2O2. The van der Waals surface area contributed by atoms with Gasteiger partial charge in [-0.2, -0.15) is 0 Å². The van der Waals surface area contributed by atoms with Gasteiger partial charge in [0, 0.05) is 13.0 Å². The molecule has 1 saturated heterocycles. The Bertz CT molecular complexity index is 571. The smallest absolute Gasteiger partial charge is 0.240 e. The Hall–Kier alpha value is -1.75. The van der Waals surface area contributed by atoms with Crippen LogP contribution in [0.25, 0.3) is 0 Å². The lowest BCUT2D eigenvalue weighted by atomic mass is 9.78. The number of anilines is 1. The summed E-state index contributed by atoms with van der Waals surface area (Å²) in [5.74, 6) is -1.28. The molecule has 1 fully saturated rings. The number of amides is 2. The van der Waals surface area contributed by atoms with E-state index in [0.29, 0.717) is 5.56 Å². The van der Waals surface area contributed by atoms with Crippen molar-refractivity contribution in [1.82, 2.24) is 0 Å². The van der Waals surface area contributed by atoms with Crippen LogP contribution in [0.1, 0.15) is 32.8 Å². The number of imide groups is 1. The van der Waals surface area contributed by atoms with Crippen molar-refractivity contribution in [3.63, 3.8) is 0 Å². The first-order valence-electron chi connectivity index (χ1n) is 6.67. The number of rotatable bonds is 3. The topological polar surface area (TPSA) is 63.4 Å². The van der Waals surface area contributed by atoms with Crippen molar-refractivity contribution in [2.75, 3.05) is 4.90 Å². The van der Waals surface area contributed by atoms with Crippen molar-refractivity contribution in [3.05, 3.63) is 29.6 Å². The van der Waals surface area contributed by atoms with Crippen LogP contribution < -0.4 is 10.6 Å². The van der Waals surface area contributed by atoms with Crippen molar-refractivity contribution < 1.29 is 14.0 Å². The second kappa shape index (κ2) is 4.98. The first-order chi connectivity index (χ1) is 9.31. The molecule has 2 rings (SSSR count). The number of carbonyl (C=O) groups is 2. The minimum atomic E-state index is -0.768. The largest absolute Gasteiger partial charge is 0.326 e. The highest BCUT2D eigenvalue weighted by Crippen LogP contribution is 2.41. The van der Waals surface area contributed by atoms with Crippen LogP contribution in [0, 0.1) is 17.2 Å². The van der Waals surface area contributed by atoms with Gasteiger partial charge in [0.15, 0.2) is 0 Å². The molecule has 2 N–H and O–H groups in total. The lowest BCUT2D eigenvalue weighted by molar-refractivity contribution is -0.126. The third-order valence-electron chi connectivity index (χ3n) is 4.22. The molecule has 20 heavy (non-hydrogen) atoms. The lowest BCUT2D eigenvalue weighted by Gasteiger charge is -2.26. The number of nitrogens with zero attached hydrogens (tertiary/aromatic N) is 1. The summed E-state index contributed by atoms with van der Waals surface area (Å²) in [6.45, 7) is 5.75. The van der Waals surface area contributed by atoms with Crippen LogP contribution in [0.3, 0.4) is 0 Å². The summed E-state index contributed by atoms with van der Waals surface area (Å²) < 4.78 is 14.1. The van der Waals surface area contributed by atoms with Gasteiger partial charge < -0.3 is 5.73 Å². The third-order valence-corrected chi connectivity index (χ3v) is 4.22. The Balaban J connectivity index is 2.44. The summed E-state index contributed by atoms with van der Waals surface area (Å²) in [6.07, 6.45) is 0.113. The zero-order valence-electron chi connectivity index (χ0n) is 11.9. The molecule has 1 aliphatic heterocycles. The summed E-state index contributed by atoms with van der Waals surface area (Å²) >= 11 is 0. The Labute approximate surface area is 117 Å². The van der Waals surface area contributed by atoms with E-state index in [0.717, 1.165) is 4.90 Å². The van der Waals surface area contributed by atoms with Gasteiger partial charge in [-0.1, -0.05) is 19.9 Å². The van der Waals surface area contributed by atoms with E-state index in [1.54, 1.807) is 13.0 Å². The van der Waals surface area contributed by atoms with Crippen LogP contribution in [-0.4, -0.2) is 11.8 Å². The van der Waals surface area contributed by atoms with Gasteiger partial charge in [-0.3, -0.25) is 9.59 Å². The van der Waals surface area contributed by atoms with Crippen LogP contribution in [-0.2, 0) is 16.1 Å². The van der Waals surface area contributed by atoms with Gasteiger partial charge in [-0.05, 0) is 30.5 Å². The highest BCUT2D eigenvalue weighted by molar-refractivity contribution is 6.22. The predicted molar refractivity (Wildman–Crippen MR) is 74.3 cm³/mol. The fraction of sp³-hybridized carbons (Fsp3) is 0.467. The monoisotopic (exact) mass is 278 g/mol. The number of nitrogens with two attached hydrogens (primary N) is 1. The summed E-state index contributed by atoms with van der Waals surface area (Å²) in [6, 6.07) is 4.34. The molecule has 4 nitrogen and oxygen atoms in total. The number of hydrogen-bond donors (Lipinski definition) is 1. The average molecular weight is 278 g/mol. The van der Waals surface area contributed by atoms with Gasteiger partial charge >= 0.3 is 0 Å². The Morgan fingerprint density at radius 3 is 2.50 bits per heavy atom. The Morgan fingerprint density at radius 2 is 2.05 bits per heavy atom. The second-order valence-corrected chi connectivity index (χ2v) is 5.77. The predicted octanol–water partition coefficient (Wildman–Crippen LogP) is 2.21. The van der Waals surface area contributed by atoms with Crippen LogP contribution in [0.2, 0.25) is 0 Å². The van der Waals surface area contributed by atoms with E-state index in [1.165, 1.54) is 12.1 Å². The zero-order chi connectivity index (χ0) is 15.1. The maximum absolute atomic E-state index is 14.1. The molecule has 0 saturated carbocycles. The Kier molecular flexibility index (Phi) is 3.65. The summed E-state index contributed by atoms with van der Waals surface area (Å²) in [7, 11) is 0. The maximum Gasteiger partial charge on any atom is 0.240 e. The summed E-state index contributed by atoms with van der Waals surface area (Å²) in [5.41, 5.74) is 5.32. The first-order valence-corrected chi connectivity index (χ1v) is 6.67. The normalized spacial score (nSPS) is 23.0. The molecule has 2 amide bonds. The van der Waals surface area contributed by atoms with E-state index in [1.807, 2.05) is 13.8 Å². The zero-order valence-corrected chi connectivity index (χ0v) is 11.9. The summed E-state index contributed by atoms with van der Waals surface area (Å²) in [5, 5.41) is 0. The summed E-state index contributed by atoms with van der Waals surface area (Å²) in [4.78, 5) is 25.6. The molecule has 1 atom stereocenters. The van der Waals surface area contributed by atoms with Gasteiger partial charge in [-0.25, -0.2) is 9.29 Å². The van der Waals surface area contributed by atoms with Gasteiger partial charge in [0.1, 0.15) is 5.82 Å². The lowest BCUT2D eigenvalue weighted by Crippen LogP contribution is -2.37. The molecule has 1 heterocycles. The second-order valence-electron chi connectivity index (χ2n) is 5.77. The molecule has 1 aromatic carbocycles. The molecule has 0 aromatic heterocycles. The SMILES string of the molecule is CC(C)C1(C)CC(=O)N(c2ccc(CN)cc2F)C1=O. The molecular weight excluding hydrogens is 259 g/mol. The molecule has 1 aliphatic rings. The van der Waals surface area contributed by atoms with Gasteiger partial charge in [0.25, 0.3) is 0 Å². The van der Waals surface area contributed by atoms with Crippen LogP contribution >= 0.6 is 0 Å². The van der Waals surface area contributed by atoms with E-state index in [2.05, 4.69) is 0 Å². The van der Waals surface area contributed by atoms with E-state index in [9.17, 15) is 14.0 Å². The highest BCUT2D eigenvalue weighted by atomic mass is 19.1. The number of halogens is 1. The molecule has 108 valence electrons. The van der Waals surface area contributed by atoms with Crippen LogP contribution in [0.5, 0.6) is 0 Å². The average Bonchev–Trinajstić information content (AvgIpc) is 2.62. The molecule has 0 radical (unpaired) electrons. The maximum atomic E-state index is 14.1. The van der Waals surface area contributed by atoms with E-state index >= 15 is 0 Å². The molecule has 1 aromatic rings. The van der Waals surface area contributed by atoms with Crippen molar-refractivity contribution in [3.8, 4) is 0 Å². The van der Waals surface area contributed by atoms with Crippen molar-refractivity contribution in [2.24, 2.45) is 17.1 Å². The standard InChI is InChI=1S/C15H19FN2O2/c1-9(2)15(3)7-13(19)18(14(15)20)12-5-4-10(8-17)6-11(12)16/h4-6,9H,7-8,17H2,1-3H3. The van der Waals surface area contributed by atoms with Crippen LogP contribution in [0.4, 0.5) is 10.1 Å². The Morgan fingerprint density at radius 1 is 1.40 bits per heavy atom. The fourth-order valence-corrected chi connectivity index (χ4v) is 2.39. The quantitative estimate of drug-likeness (QED) is 0.862. The van der Waals surface area contributed by atoms with Crippen molar-refractivity contribution >= 4 is 17.5 Å². The molecule has 5 heteroatoms. The third kappa shape index (κ3) is 2.12. The molecule has 0 spiro atoms. The molecule has 1 unspecified atom stereocenters. The van der Waals surface area contributed by atoms with Gasteiger partial charge in [0.05, 0.1) is 11.1 Å². The van der Waals surface area contributed by atoms with Crippen molar-refractivity contribution in [1.29, 1.82) is 0 Å². The number of benzene rings is 1. The minimum absolute atomic E-state index is 0.00956. The minimum Gasteiger partial charge on any atom is -0.326 e. The first kappa shape index (κ1) is 14.7. The van der Waals surface area contributed by atoms with E-state index < -0.39 is 11.2 Å². The number of carbonyl (C=O) groups excluding carboxylic acids is 2. The molecule has 0 aliphatic carbocycles. The van der Waals surface area contributed by atoms with Crippen LogP contribution in [0.15, 0.2) is 18.2 Å². The van der Waals surface area contributed by atoms with Crippen molar-refractivity contribution in [2.45, 2.75) is 33.7 Å². The highest BCUT2D eigenvalue weighted by Gasteiger charge is 2.51. The van der Waals surface area contributed by atoms with E-state index in [-0.39, 0.29) is 36.4 Å². The number of hydrogen-bond acceptors (Lipinski definition) is 3. The fourth-order valence-electron chi connectivity index (χ4n) is 2.39.